The summed E-state index contributed by atoms with van der Waals surface area (Å²) >= 11 is 0. The lowest BCUT2D eigenvalue weighted by Crippen LogP contribution is -2.23. The first kappa shape index (κ1) is 32.5. The van der Waals surface area contributed by atoms with E-state index in [9.17, 15) is 0 Å². The topological polar surface area (TPSA) is 0 Å². The van der Waals surface area contributed by atoms with Crippen LogP contribution in [0.25, 0.3) is 65.3 Å². The molecule has 1 aliphatic heterocycles. The Balaban J connectivity index is 1.11. The van der Waals surface area contributed by atoms with Gasteiger partial charge in [0.1, 0.15) is 0 Å². The average molecular weight is 715 g/mol. The van der Waals surface area contributed by atoms with Crippen molar-refractivity contribution >= 4 is 69.5 Å². The van der Waals surface area contributed by atoms with Crippen molar-refractivity contribution in [2.75, 3.05) is 6.66 Å². The molecule has 0 fully saturated rings. The molecule has 9 aromatic carbocycles. The van der Waals surface area contributed by atoms with E-state index in [1.54, 1.807) is 10.6 Å². The highest BCUT2D eigenvalue weighted by Crippen LogP contribution is 2.54. The summed E-state index contributed by atoms with van der Waals surface area (Å²) in [6.45, 7) is 4.81. The van der Waals surface area contributed by atoms with Gasteiger partial charge in [-0.05, 0) is 130 Å². The second-order valence-corrected chi connectivity index (χ2v) is 19.0. The monoisotopic (exact) mass is 714 g/mol. The molecule has 0 nitrogen and oxygen atoms in total. The van der Waals surface area contributed by atoms with Gasteiger partial charge in [0.25, 0.3) is 0 Å². The molecular formula is C51H40P2. The van der Waals surface area contributed by atoms with E-state index in [1.165, 1.54) is 87.6 Å². The minimum atomic E-state index is -0.498. The van der Waals surface area contributed by atoms with Crippen LogP contribution in [0.5, 0.6) is 0 Å². The molecule has 10 rings (SSSR count). The summed E-state index contributed by atoms with van der Waals surface area (Å²) in [5.41, 5.74) is 11.4. The van der Waals surface area contributed by atoms with Crippen LogP contribution in [0.4, 0.5) is 0 Å². The summed E-state index contributed by atoms with van der Waals surface area (Å²) in [5.74, 6) is 0. The van der Waals surface area contributed by atoms with E-state index >= 15 is 0 Å². The van der Waals surface area contributed by atoms with Gasteiger partial charge < -0.3 is 0 Å². The summed E-state index contributed by atoms with van der Waals surface area (Å²) in [4.78, 5) is 0. The molecule has 0 aliphatic carbocycles. The fourth-order valence-electron chi connectivity index (χ4n) is 8.98. The van der Waals surface area contributed by atoms with Crippen LogP contribution >= 0.6 is 15.8 Å². The molecule has 53 heavy (non-hydrogen) atoms. The highest BCUT2D eigenvalue weighted by atomic mass is 31.1. The standard InChI is InChI=1S/C51H40P2/c1-34-23-24-35-13-3-7-17-42(35)48(34)49-39(28-25-36-14-4-8-18-43(36)49)31-52(2)46-21-11-12-22-47(46)53-32-40-29-26-37-15-5-9-19-44(37)50(40)51-41(33-53)30-27-38-16-6-10-20-45(38)51/h3-30H,31-33H2,1-2H3. The zero-order valence-electron chi connectivity index (χ0n) is 30.2. The van der Waals surface area contributed by atoms with Crippen LogP contribution in [0.15, 0.2) is 170 Å². The van der Waals surface area contributed by atoms with Gasteiger partial charge in [0, 0.05) is 0 Å². The third-order valence-corrected chi connectivity index (χ3v) is 16.2. The minimum absolute atomic E-state index is 0.496. The van der Waals surface area contributed by atoms with Crippen LogP contribution in [-0.2, 0) is 18.5 Å². The SMILES string of the molecule is Cc1ccc2ccccc2c1-c1c(CP(C)c2ccccc2P2Cc3ccc4ccccc4c3-c3c(ccc4ccccc34)C2)ccc2ccccc12. The molecule has 0 saturated carbocycles. The Labute approximate surface area is 314 Å². The molecule has 0 aromatic heterocycles. The van der Waals surface area contributed by atoms with Gasteiger partial charge in [0.2, 0.25) is 0 Å². The smallest absolute Gasteiger partial charge is 0.00232 e. The Morgan fingerprint density at radius 2 is 0.868 bits per heavy atom. The van der Waals surface area contributed by atoms with Gasteiger partial charge in [-0.2, -0.15) is 0 Å². The Bertz CT molecular complexity index is 2780. The van der Waals surface area contributed by atoms with E-state index in [2.05, 4.69) is 183 Å². The summed E-state index contributed by atoms with van der Waals surface area (Å²) in [5, 5.41) is 13.8. The molecule has 254 valence electrons. The molecule has 0 saturated heterocycles. The summed E-state index contributed by atoms with van der Waals surface area (Å²) < 4.78 is 0. The summed E-state index contributed by atoms with van der Waals surface area (Å²) in [7, 11) is -0.994. The highest BCUT2D eigenvalue weighted by Gasteiger charge is 2.28. The third-order valence-electron chi connectivity index (χ3n) is 11.4. The van der Waals surface area contributed by atoms with Crippen molar-refractivity contribution in [1.82, 2.24) is 0 Å². The third kappa shape index (κ3) is 5.60. The molecule has 0 N–H and O–H groups in total. The van der Waals surface area contributed by atoms with Crippen molar-refractivity contribution < 1.29 is 0 Å². The molecular weight excluding hydrogens is 675 g/mol. The molecule has 0 radical (unpaired) electrons. The Hall–Kier alpha value is -5.12. The number of hydrogen-bond acceptors (Lipinski definition) is 0. The van der Waals surface area contributed by atoms with Gasteiger partial charge in [0.05, 0.1) is 0 Å². The highest BCUT2D eigenvalue weighted by molar-refractivity contribution is 7.70. The molecule has 0 spiro atoms. The van der Waals surface area contributed by atoms with Crippen LogP contribution in [-0.4, -0.2) is 6.66 Å². The van der Waals surface area contributed by atoms with Crippen molar-refractivity contribution in [3.63, 3.8) is 0 Å². The fourth-order valence-corrected chi connectivity index (χ4v) is 14.2. The van der Waals surface area contributed by atoms with Gasteiger partial charge >= 0.3 is 0 Å². The maximum atomic E-state index is 2.53. The van der Waals surface area contributed by atoms with Crippen molar-refractivity contribution in [2.45, 2.75) is 25.4 Å². The molecule has 2 heteroatoms. The van der Waals surface area contributed by atoms with Crippen LogP contribution < -0.4 is 10.6 Å². The lowest BCUT2D eigenvalue weighted by atomic mass is 9.88. The van der Waals surface area contributed by atoms with Gasteiger partial charge in [0.15, 0.2) is 0 Å². The Morgan fingerprint density at radius 3 is 1.43 bits per heavy atom. The first-order valence-electron chi connectivity index (χ1n) is 18.7. The van der Waals surface area contributed by atoms with Gasteiger partial charge in [-0.15, -0.1) is 0 Å². The second kappa shape index (κ2) is 13.4. The van der Waals surface area contributed by atoms with Crippen LogP contribution in [0, 0.1) is 6.92 Å². The molecule has 1 heterocycles. The maximum Gasteiger partial charge on any atom is -0.00232 e. The van der Waals surface area contributed by atoms with E-state index in [1.807, 2.05) is 0 Å². The number of benzene rings is 9. The minimum Gasteiger partial charge on any atom is -0.0733 e. The lowest BCUT2D eigenvalue weighted by Gasteiger charge is -2.25. The quantitative estimate of drug-likeness (QED) is 0.156. The predicted molar refractivity (Wildman–Crippen MR) is 235 cm³/mol. The maximum absolute atomic E-state index is 2.53. The Morgan fingerprint density at radius 1 is 0.434 bits per heavy atom. The number of aryl methyl sites for hydroxylation is 1. The summed E-state index contributed by atoms with van der Waals surface area (Å²) in [6.07, 6.45) is 3.23. The van der Waals surface area contributed by atoms with E-state index < -0.39 is 15.8 Å². The van der Waals surface area contributed by atoms with Crippen LogP contribution in [0.2, 0.25) is 0 Å². The number of hydrogen-bond donors (Lipinski definition) is 0. The van der Waals surface area contributed by atoms with Crippen molar-refractivity contribution in [1.29, 1.82) is 0 Å². The van der Waals surface area contributed by atoms with Gasteiger partial charge in [-0.3, -0.25) is 0 Å². The largest absolute Gasteiger partial charge is 0.0733 e. The number of rotatable bonds is 5. The molecule has 1 aliphatic rings. The van der Waals surface area contributed by atoms with Crippen LogP contribution in [0.1, 0.15) is 22.3 Å². The summed E-state index contributed by atoms with van der Waals surface area (Å²) in [6, 6.07) is 64.3. The predicted octanol–water partition coefficient (Wildman–Crippen LogP) is 13.7. The number of fused-ring (bicyclic) bond motifs is 9. The molecule has 1 atom stereocenters. The van der Waals surface area contributed by atoms with Crippen molar-refractivity contribution in [2.24, 2.45) is 0 Å². The fraction of sp³-hybridized carbons (Fsp3) is 0.0980. The van der Waals surface area contributed by atoms with Crippen molar-refractivity contribution in [3.8, 4) is 22.3 Å². The molecule has 0 bridgehead atoms. The first-order valence-corrected chi connectivity index (χ1v) is 22.4. The van der Waals surface area contributed by atoms with E-state index in [4.69, 9.17) is 0 Å². The lowest BCUT2D eigenvalue weighted by molar-refractivity contribution is 1.39. The van der Waals surface area contributed by atoms with Gasteiger partial charge in [-0.1, -0.05) is 186 Å². The zero-order chi connectivity index (χ0) is 35.5. The van der Waals surface area contributed by atoms with E-state index in [-0.39, 0.29) is 0 Å². The Kier molecular flexibility index (Phi) is 8.21. The normalized spacial score (nSPS) is 13.6. The van der Waals surface area contributed by atoms with Crippen molar-refractivity contribution in [3.05, 3.63) is 192 Å². The molecule has 1 unspecified atom stereocenters. The molecule has 0 amide bonds. The first-order chi connectivity index (χ1) is 26.1. The zero-order valence-corrected chi connectivity index (χ0v) is 32.0. The average Bonchev–Trinajstić information content (AvgIpc) is 3.38. The molecule has 9 aromatic rings. The van der Waals surface area contributed by atoms with Gasteiger partial charge in [-0.25, -0.2) is 0 Å². The van der Waals surface area contributed by atoms with Crippen LogP contribution in [0.3, 0.4) is 0 Å². The van der Waals surface area contributed by atoms with E-state index in [0.29, 0.717) is 0 Å². The van der Waals surface area contributed by atoms with E-state index in [0.717, 1.165) is 18.5 Å². The second-order valence-electron chi connectivity index (χ2n) is 14.6.